The highest BCUT2D eigenvalue weighted by molar-refractivity contribution is 7.91. The van der Waals surface area contributed by atoms with Crippen molar-refractivity contribution in [3.63, 3.8) is 0 Å². The molecule has 2 rings (SSSR count). The number of sulfonamides is 1. The van der Waals surface area contributed by atoms with Crippen molar-refractivity contribution in [2.24, 2.45) is 5.92 Å². The van der Waals surface area contributed by atoms with Crippen LogP contribution in [0.4, 0.5) is 0 Å². The molecule has 0 unspecified atom stereocenters. The summed E-state index contributed by atoms with van der Waals surface area (Å²) < 4.78 is 26.9. The quantitative estimate of drug-likeness (QED) is 0.823. The molecule has 8 heteroatoms. The number of aromatic carboxylic acids is 1. The molecule has 0 atom stereocenters. The number of carbonyl (C=O) groups is 1. The van der Waals surface area contributed by atoms with Crippen molar-refractivity contribution in [2.45, 2.75) is 24.0 Å². The number of thiophene rings is 1. The lowest BCUT2D eigenvalue weighted by Gasteiger charge is -2.30. The molecule has 6 nitrogen and oxygen atoms in total. The molecule has 1 aromatic rings. The number of piperidine rings is 1. The van der Waals surface area contributed by atoms with Crippen molar-refractivity contribution in [1.29, 1.82) is 0 Å². The predicted molar refractivity (Wildman–Crippen MR) is 81.3 cm³/mol. The Morgan fingerprint density at radius 2 is 2.10 bits per heavy atom. The predicted octanol–water partition coefficient (Wildman–Crippen LogP) is 1.46. The Kier molecular flexibility index (Phi) is 5.37. The number of carboxylic acid groups (broad SMARTS) is 1. The Labute approximate surface area is 128 Å². The summed E-state index contributed by atoms with van der Waals surface area (Å²) in [5.41, 5.74) is 0. The van der Waals surface area contributed by atoms with E-state index < -0.39 is 16.0 Å². The summed E-state index contributed by atoms with van der Waals surface area (Å²) in [5.74, 6) is -0.755. The van der Waals surface area contributed by atoms with Gasteiger partial charge in [0.2, 0.25) is 10.0 Å². The zero-order valence-electron chi connectivity index (χ0n) is 11.9. The Hall–Kier alpha value is -0.960. The Balaban J connectivity index is 1.91. The standard InChI is InChI=1S/C13H20N2O4S2/c1-2-15-7-5-10(6-8-15)9-14-21(18,19)12-4-3-11(20-12)13(16)17/h3-4,10,14H,2,5-9H2,1H3,(H,16,17). The molecule has 1 saturated heterocycles. The second-order valence-corrected chi connectivity index (χ2v) is 8.23. The van der Waals surface area contributed by atoms with Gasteiger partial charge in [-0.2, -0.15) is 0 Å². The summed E-state index contributed by atoms with van der Waals surface area (Å²) in [6.45, 7) is 5.59. The number of likely N-dealkylation sites (tertiary alicyclic amines) is 1. The molecule has 21 heavy (non-hydrogen) atoms. The Bertz CT molecular complexity index is 589. The minimum Gasteiger partial charge on any atom is -0.477 e. The van der Waals surface area contributed by atoms with Gasteiger partial charge in [0.15, 0.2) is 0 Å². The number of hydrogen-bond donors (Lipinski definition) is 2. The van der Waals surface area contributed by atoms with Crippen LogP contribution in [0.25, 0.3) is 0 Å². The first-order valence-electron chi connectivity index (χ1n) is 6.97. The molecule has 0 amide bonds. The van der Waals surface area contributed by atoms with E-state index in [4.69, 9.17) is 5.11 Å². The van der Waals surface area contributed by atoms with Gasteiger partial charge in [0.25, 0.3) is 0 Å². The topological polar surface area (TPSA) is 86.7 Å². The maximum Gasteiger partial charge on any atom is 0.345 e. The first kappa shape index (κ1) is 16.4. The van der Waals surface area contributed by atoms with Crippen LogP contribution in [0.15, 0.2) is 16.3 Å². The van der Waals surface area contributed by atoms with Gasteiger partial charge in [0.05, 0.1) is 0 Å². The summed E-state index contributed by atoms with van der Waals surface area (Å²) in [6.07, 6.45) is 1.97. The molecule has 0 spiro atoms. The zero-order chi connectivity index (χ0) is 15.5. The van der Waals surface area contributed by atoms with Gasteiger partial charge in [-0.25, -0.2) is 17.9 Å². The van der Waals surface area contributed by atoms with E-state index in [1.54, 1.807) is 0 Å². The van der Waals surface area contributed by atoms with Crippen molar-refractivity contribution in [2.75, 3.05) is 26.2 Å². The molecule has 0 radical (unpaired) electrons. The van der Waals surface area contributed by atoms with Gasteiger partial charge in [-0.15, -0.1) is 11.3 Å². The number of nitrogens with one attached hydrogen (secondary N) is 1. The van der Waals surface area contributed by atoms with Crippen molar-refractivity contribution in [3.05, 3.63) is 17.0 Å². The van der Waals surface area contributed by atoms with Crippen molar-refractivity contribution < 1.29 is 18.3 Å². The van der Waals surface area contributed by atoms with E-state index in [0.29, 0.717) is 12.5 Å². The maximum absolute atomic E-state index is 12.1. The van der Waals surface area contributed by atoms with E-state index in [0.717, 1.165) is 43.8 Å². The molecule has 0 aromatic carbocycles. The molecule has 0 bridgehead atoms. The van der Waals surface area contributed by atoms with Crippen LogP contribution in [0.5, 0.6) is 0 Å². The highest BCUT2D eigenvalue weighted by Crippen LogP contribution is 2.22. The summed E-state index contributed by atoms with van der Waals surface area (Å²) in [7, 11) is -3.60. The Morgan fingerprint density at radius 1 is 1.43 bits per heavy atom. The number of carboxylic acids is 1. The maximum atomic E-state index is 12.1. The third kappa shape index (κ3) is 4.26. The summed E-state index contributed by atoms with van der Waals surface area (Å²) in [5, 5.41) is 8.84. The zero-order valence-corrected chi connectivity index (χ0v) is 13.5. The van der Waals surface area contributed by atoms with E-state index in [-0.39, 0.29) is 9.09 Å². The molecular weight excluding hydrogens is 312 g/mol. The molecular formula is C13H20N2O4S2. The number of hydrogen-bond acceptors (Lipinski definition) is 5. The molecule has 2 heterocycles. The Morgan fingerprint density at radius 3 is 2.62 bits per heavy atom. The molecule has 1 aliphatic heterocycles. The van der Waals surface area contributed by atoms with Crippen LogP contribution in [0.3, 0.4) is 0 Å². The van der Waals surface area contributed by atoms with E-state index >= 15 is 0 Å². The second kappa shape index (κ2) is 6.87. The van der Waals surface area contributed by atoms with Gasteiger partial charge in [0, 0.05) is 6.54 Å². The molecule has 0 aliphatic carbocycles. The van der Waals surface area contributed by atoms with Crippen molar-refractivity contribution >= 4 is 27.3 Å². The first-order valence-corrected chi connectivity index (χ1v) is 9.27. The van der Waals surface area contributed by atoms with Crippen LogP contribution in [0, 0.1) is 5.92 Å². The van der Waals surface area contributed by atoms with Gasteiger partial charge in [-0.1, -0.05) is 6.92 Å². The van der Waals surface area contributed by atoms with Gasteiger partial charge in [0.1, 0.15) is 9.09 Å². The molecule has 0 saturated carbocycles. The van der Waals surface area contributed by atoms with Crippen molar-refractivity contribution in [1.82, 2.24) is 9.62 Å². The fourth-order valence-corrected chi connectivity index (χ4v) is 4.69. The monoisotopic (exact) mass is 332 g/mol. The molecule has 1 fully saturated rings. The van der Waals surface area contributed by atoms with E-state index in [2.05, 4.69) is 16.5 Å². The molecule has 118 valence electrons. The summed E-state index contributed by atoms with van der Waals surface area (Å²) in [4.78, 5) is 13.2. The SMILES string of the molecule is CCN1CCC(CNS(=O)(=O)c2ccc(C(=O)O)s2)CC1. The van der Waals surface area contributed by atoms with Crippen LogP contribution in [-0.2, 0) is 10.0 Å². The minimum atomic E-state index is -3.60. The highest BCUT2D eigenvalue weighted by Gasteiger charge is 2.23. The number of nitrogens with zero attached hydrogens (tertiary/aromatic N) is 1. The highest BCUT2D eigenvalue weighted by atomic mass is 32.2. The molecule has 1 aliphatic rings. The largest absolute Gasteiger partial charge is 0.477 e. The van der Waals surface area contributed by atoms with Gasteiger partial charge < -0.3 is 10.0 Å². The van der Waals surface area contributed by atoms with Gasteiger partial charge in [-0.3, -0.25) is 0 Å². The van der Waals surface area contributed by atoms with Crippen LogP contribution in [0.1, 0.15) is 29.4 Å². The first-order chi connectivity index (χ1) is 9.92. The van der Waals surface area contributed by atoms with Crippen LogP contribution in [-0.4, -0.2) is 50.6 Å². The van der Waals surface area contributed by atoms with Crippen molar-refractivity contribution in [3.8, 4) is 0 Å². The minimum absolute atomic E-state index is 0.0339. The van der Waals surface area contributed by atoms with E-state index in [9.17, 15) is 13.2 Å². The average molecular weight is 332 g/mol. The van der Waals surface area contributed by atoms with Crippen LogP contribution < -0.4 is 4.72 Å². The van der Waals surface area contributed by atoms with Gasteiger partial charge >= 0.3 is 5.97 Å². The fourth-order valence-electron chi connectivity index (χ4n) is 2.38. The third-order valence-corrected chi connectivity index (χ3v) is 6.76. The summed E-state index contributed by atoms with van der Waals surface area (Å²) in [6, 6.07) is 2.66. The lowest BCUT2D eigenvalue weighted by Crippen LogP contribution is -2.38. The normalized spacial score (nSPS) is 18.0. The third-order valence-electron chi connectivity index (χ3n) is 3.77. The van der Waals surface area contributed by atoms with Gasteiger partial charge in [-0.05, 0) is 50.5 Å². The summed E-state index contributed by atoms with van der Waals surface area (Å²) >= 11 is 0.780. The molecule has 2 N–H and O–H groups in total. The number of rotatable bonds is 6. The average Bonchev–Trinajstić information content (AvgIpc) is 2.97. The lowest BCUT2D eigenvalue weighted by atomic mass is 9.97. The smallest absolute Gasteiger partial charge is 0.345 e. The fraction of sp³-hybridized carbons (Fsp3) is 0.615. The lowest BCUT2D eigenvalue weighted by molar-refractivity contribution is 0.0702. The van der Waals surface area contributed by atoms with Crippen LogP contribution in [0.2, 0.25) is 0 Å². The van der Waals surface area contributed by atoms with E-state index in [1.807, 2.05) is 0 Å². The molecule has 1 aromatic heterocycles. The van der Waals surface area contributed by atoms with Crippen LogP contribution >= 0.6 is 11.3 Å². The second-order valence-electron chi connectivity index (χ2n) is 5.15. The van der Waals surface area contributed by atoms with E-state index in [1.165, 1.54) is 12.1 Å².